The van der Waals surface area contributed by atoms with Gasteiger partial charge < -0.3 is 9.84 Å². The summed E-state index contributed by atoms with van der Waals surface area (Å²) in [6.45, 7) is 3.59. The molecule has 3 rings (SSSR count). The highest BCUT2D eigenvalue weighted by atomic mass is 32.1. The predicted molar refractivity (Wildman–Crippen MR) is 87.7 cm³/mol. The van der Waals surface area contributed by atoms with Crippen LogP contribution in [0.2, 0.25) is 0 Å². The number of carbonyl (C=O) groups is 1. The number of alkyl halides is 3. The van der Waals surface area contributed by atoms with Gasteiger partial charge in [0.05, 0.1) is 19.3 Å². The Bertz CT molecular complexity index is 718. The van der Waals surface area contributed by atoms with E-state index in [0.29, 0.717) is 5.92 Å². The van der Waals surface area contributed by atoms with Gasteiger partial charge in [0.1, 0.15) is 5.01 Å². The Balaban J connectivity index is 0.000000298. The summed E-state index contributed by atoms with van der Waals surface area (Å²) in [7, 11) is 3.77. The Morgan fingerprint density at radius 3 is 2.73 bits per heavy atom. The lowest BCUT2D eigenvalue weighted by atomic mass is 9.97. The van der Waals surface area contributed by atoms with Crippen LogP contribution in [0.5, 0.6) is 0 Å². The standard InChI is InChI=1S/C13H18N4OS.C2HF3O2/c1-16-13-10(5-15-16)6-17(7-11(13)9-18-2)8-12-14-3-4-19-12;3-2(4,5)1(6)7/h3-5,11H,6-9H2,1-2H3;(H,6,7). The summed E-state index contributed by atoms with van der Waals surface area (Å²) < 4.78 is 39.1. The van der Waals surface area contributed by atoms with Gasteiger partial charge >= 0.3 is 12.1 Å². The quantitative estimate of drug-likeness (QED) is 0.860. The van der Waals surface area contributed by atoms with Crippen LogP contribution >= 0.6 is 11.3 Å². The van der Waals surface area contributed by atoms with Crippen LogP contribution in [0.4, 0.5) is 13.2 Å². The molecule has 0 amide bonds. The van der Waals surface area contributed by atoms with Gasteiger partial charge in [0.2, 0.25) is 0 Å². The molecule has 1 atom stereocenters. The first-order valence-corrected chi connectivity index (χ1v) is 8.50. The predicted octanol–water partition coefficient (Wildman–Crippen LogP) is 2.26. The average molecular weight is 392 g/mol. The zero-order chi connectivity index (χ0) is 19.3. The number of carboxylic acids is 1. The molecule has 1 aliphatic rings. The van der Waals surface area contributed by atoms with Crippen molar-refractivity contribution in [1.82, 2.24) is 19.7 Å². The molecule has 0 spiro atoms. The van der Waals surface area contributed by atoms with Crippen molar-refractivity contribution < 1.29 is 27.8 Å². The molecule has 1 N–H and O–H groups in total. The molecule has 2 aromatic rings. The van der Waals surface area contributed by atoms with E-state index in [0.717, 1.165) is 26.2 Å². The lowest BCUT2D eigenvalue weighted by Gasteiger charge is -2.32. The monoisotopic (exact) mass is 392 g/mol. The van der Waals surface area contributed by atoms with E-state index in [2.05, 4.69) is 15.0 Å². The number of halogens is 3. The third-order valence-electron chi connectivity index (χ3n) is 3.78. The molecule has 2 aromatic heterocycles. The van der Waals surface area contributed by atoms with Crippen molar-refractivity contribution in [1.29, 1.82) is 0 Å². The van der Waals surface area contributed by atoms with Gasteiger partial charge in [0, 0.05) is 56.0 Å². The number of nitrogens with zero attached hydrogens (tertiary/aromatic N) is 4. The van der Waals surface area contributed by atoms with Gasteiger partial charge in [-0.15, -0.1) is 11.3 Å². The largest absolute Gasteiger partial charge is 0.490 e. The molecule has 0 saturated heterocycles. The maximum Gasteiger partial charge on any atom is 0.490 e. The Hall–Kier alpha value is -1.98. The zero-order valence-electron chi connectivity index (χ0n) is 14.2. The van der Waals surface area contributed by atoms with Crippen LogP contribution in [0.25, 0.3) is 0 Å². The minimum absolute atomic E-state index is 0.390. The first-order chi connectivity index (χ1) is 12.2. The third-order valence-corrected chi connectivity index (χ3v) is 4.54. The molecule has 0 bridgehead atoms. The molecule has 1 unspecified atom stereocenters. The van der Waals surface area contributed by atoms with E-state index < -0.39 is 12.1 Å². The van der Waals surface area contributed by atoms with Crippen LogP contribution in [-0.4, -0.2) is 57.2 Å². The average Bonchev–Trinajstić information content (AvgIpc) is 3.18. The van der Waals surface area contributed by atoms with Gasteiger partial charge in [-0.2, -0.15) is 18.3 Å². The minimum atomic E-state index is -5.08. The molecule has 1 aliphatic heterocycles. The molecule has 26 heavy (non-hydrogen) atoms. The van der Waals surface area contributed by atoms with Crippen LogP contribution in [0.3, 0.4) is 0 Å². The van der Waals surface area contributed by atoms with Gasteiger partial charge in [-0.25, -0.2) is 9.78 Å². The van der Waals surface area contributed by atoms with Crippen molar-refractivity contribution >= 4 is 17.3 Å². The van der Waals surface area contributed by atoms with E-state index in [1.165, 1.54) is 16.3 Å². The Morgan fingerprint density at radius 1 is 1.50 bits per heavy atom. The highest BCUT2D eigenvalue weighted by Crippen LogP contribution is 2.29. The van der Waals surface area contributed by atoms with E-state index in [1.807, 2.05) is 29.5 Å². The number of aromatic nitrogens is 3. The first-order valence-electron chi connectivity index (χ1n) is 7.63. The molecular weight excluding hydrogens is 373 g/mol. The summed E-state index contributed by atoms with van der Waals surface area (Å²) in [5, 5.41) is 14.7. The second-order valence-corrected chi connectivity index (χ2v) is 6.71. The Labute approximate surface area is 152 Å². The number of rotatable bonds is 4. The first kappa shape index (κ1) is 20.3. The fraction of sp³-hybridized carbons (Fsp3) is 0.533. The highest BCUT2D eigenvalue weighted by molar-refractivity contribution is 7.09. The maximum absolute atomic E-state index is 10.6. The number of carboxylic acid groups (broad SMARTS) is 1. The minimum Gasteiger partial charge on any atom is -0.475 e. The smallest absolute Gasteiger partial charge is 0.475 e. The van der Waals surface area contributed by atoms with Crippen molar-refractivity contribution in [2.75, 3.05) is 20.3 Å². The summed E-state index contributed by atoms with van der Waals surface area (Å²) in [6.07, 6.45) is -1.24. The van der Waals surface area contributed by atoms with Gasteiger partial charge in [0.15, 0.2) is 0 Å². The molecule has 0 radical (unpaired) electrons. The summed E-state index contributed by atoms with van der Waals surface area (Å²) in [5.74, 6) is -2.37. The lowest BCUT2D eigenvalue weighted by Crippen LogP contribution is -2.35. The SMILES string of the molecule is COCC1CN(Cc2nccs2)Cc2cnn(C)c21.O=C(O)C(F)(F)F. The second kappa shape index (κ2) is 8.60. The number of aliphatic carboxylic acids is 1. The number of fused-ring (bicyclic) bond motifs is 1. The molecule has 0 aromatic carbocycles. The summed E-state index contributed by atoms with van der Waals surface area (Å²) in [6, 6.07) is 0. The van der Waals surface area contributed by atoms with Gasteiger partial charge in [-0.1, -0.05) is 0 Å². The van der Waals surface area contributed by atoms with Crippen LogP contribution < -0.4 is 0 Å². The van der Waals surface area contributed by atoms with Crippen molar-refractivity contribution in [2.24, 2.45) is 7.05 Å². The van der Waals surface area contributed by atoms with Crippen molar-refractivity contribution in [3.05, 3.63) is 34.0 Å². The molecule has 11 heteroatoms. The number of ether oxygens (including phenoxy) is 1. The van der Waals surface area contributed by atoms with Gasteiger partial charge in [-0.05, 0) is 0 Å². The molecule has 3 heterocycles. The fourth-order valence-corrected chi connectivity index (χ4v) is 3.48. The van der Waals surface area contributed by atoms with Crippen molar-refractivity contribution in [3.63, 3.8) is 0 Å². The number of hydrogen-bond acceptors (Lipinski definition) is 6. The number of methoxy groups -OCH3 is 1. The molecular formula is C15H19F3N4O3S. The second-order valence-electron chi connectivity index (χ2n) is 5.73. The number of hydrogen-bond donors (Lipinski definition) is 1. The molecule has 7 nitrogen and oxygen atoms in total. The van der Waals surface area contributed by atoms with Gasteiger partial charge in [0.25, 0.3) is 0 Å². The van der Waals surface area contributed by atoms with Crippen LogP contribution in [0, 0.1) is 0 Å². The number of aryl methyl sites for hydroxylation is 1. The molecule has 144 valence electrons. The summed E-state index contributed by atoms with van der Waals surface area (Å²) in [5.41, 5.74) is 2.63. The van der Waals surface area contributed by atoms with Crippen molar-refractivity contribution in [3.8, 4) is 0 Å². The zero-order valence-corrected chi connectivity index (χ0v) is 15.0. The topological polar surface area (TPSA) is 80.5 Å². The Morgan fingerprint density at radius 2 is 2.19 bits per heavy atom. The van der Waals surface area contributed by atoms with Crippen LogP contribution in [-0.2, 0) is 29.7 Å². The van der Waals surface area contributed by atoms with E-state index in [-0.39, 0.29) is 0 Å². The van der Waals surface area contributed by atoms with Gasteiger partial charge in [-0.3, -0.25) is 9.58 Å². The third kappa shape index (κ3) is 5.26. The summed E-state index contributed by atoms with van der Waals surface area (Å²) in [4.78, 5) is 15.7. The van der Waals surface area contributed by atoms with Crippen LogP contribution in [0.15, 0.2) is 17.8 Å². The molecule has 0 aliphatic carbocycles. The van der Waals surface area contributed by atoms with Crippen LogP contribution in [0.1, 0.15) is 22.2 Å². The summed E-state index contributed by atoms with van der Waals surface area (Å²) >= 11 is 1.71. The van der Waals surface area contributed by atoms with Crippen molar-refractivity contribution in [2.45, 2.75) is 25.2 Å². The normalized spacial score (nSPS) is 17.3. The lowest BCUT2D eigenvalue weighted by molar-refractivity contribution is -0.192. The van der Waals surface area contributed by atoms with E-state index in [4.69, 9.17) is 14.6 Å². The molecule has 0 fully saturated rings. The Kier molecular flexibility index (Phi) is 6.73. The maximum atomic E-state index is 10.6. The van der Waals surface area contributed by atoms with E-state index >= 15 is 0 Å². The number of thiazole rings is 1. The molecule has 0 saturated carbocycles. The van der Waals surface area contributed by atoms with E-state index in [9.17, 15) is 13.2 Å². The van der Waals surface area contributed by atoms with E-state index in [1.54, 1.807) is 18.4 Å². The fourth-order valence-electron chi connectivity index (χ4n) is 2.82. The highest BCUT2D eigenvalue weighted by Gasteiger charge is 2.38.